The molecule has 1 aromatic rings. The van der Waals surface area contributed by atoms with E-state index >= 15 is 0 Å². The monoisotopic (exact) mass is 181 g/mol. The zero-order chi connectivity index (χ0) is 9.52. The minimum Gasteiger partial charge on any atom is -0.463 e. The molecular formula is C9H11NO3. The third-order valence-corrected chi connectivity index (χ3v) is 1.46. The molecule has 0 bridgehead atoms. The van der Waals surface area contributed by atoms with Crippen LogP contribution in [0.5, 0.6) is 5.75 Å². The van der Waals surface area contributed by atoms with Gasteiger partial charge in [0.05, 0.1) is 0 Å². The molecule has 13 heavy (non-hydrogen) atoms. The summed E-state index contributed by atoms with van der Waals surface area (Å²) in [4.78, 5) is 14.9. The molecule has 1 rings (SSSR count). The van der Waals surface area contributed by atoms with Crippen LogP contribution in [0.4, 0.5) is 0 Å². The molecule has 0 aliphatic carbocycles. The van der Waals surface area contributed by atoms with E-state index in [1.165, 1.54) is 0 Å². The first-order valence-electron chi connectivity index (χ1n) is 3.84. The molecular weight excluding hydrogens is 170 g/mol. The van der Waals surface area contributed by atoms with E-state index in [1.807, 2.05) is 12.1 Å². The number of rotatable bonds is 5. The number of carbonyl (C=O) groups excluding carboxylic acids is 1. The molecule has 0 amide bonds. The van der Waals surface area contributed by atoms with Gasteiger partial charge in [-0.2, -0.15) is 5.48 Å². The van der Waals surface area contributed by atoms with Gasteiger partial charge in [-0.15, -0.1) is 0 Å². The maximum atomic E-state index is 9.89. The van der Waals surface area contributed by atoms with Crippen LogP contribution in [0.25, 0.3) is 0 Å². The zero-order valence-corrected chi connectivity index (χ0v) is 7.32. The van der Waals surface area contributed by atoms with E-state index in [4.69, 9.17) is 4.84 Å². The number of hydrogen-bond donors (Lipinski definition) is 1. The lowest BCUT2D eigenvalue weighted by atomic mass is 10.2. The van der Waals surface area contributed by atoms with Crippen LogP contribution in [-0.4, -0.2) is 13.5 Å². The van der Waals surface area contributed by atoms with E-state index in [1.54, 1.807) is 19.2 Å². The fraction of sp³-hybridized carbons (Fsp3) is 0.222. The van der Waals surface area contributed by atoms with Crippen LogP contribution in [0, 0.1) is 0 Å². The summed E-state index contributed by atoms with van der Waals surface area (Å²) in [5.74, 6) is 0.720. The fourth-order valence-electron chi connectivity index (χ4n) is 0.902. The quantitative estimate of drug-likeness (QED) is 0.541. The lowest BCUT2D eigenvalue weighted by Gasteiger charge is -2.03. The molecule has 0 spiro atoms. The van der Waals surface area contributed by atoms with E-state index in [-0.39, 0.29) is 0 Å². The Balaban J connectivity index is 2.53. The Labute approximate surface area is 76.4 Å². The number of benzene rings is 1. The van der Waals surface area contributed by atoms with Gasteiger partial charge in [0.15, 0.2) is 0 Å². The molecule has 0 unspecified atom stereocenters. The number of hydrogen-bond acceptors (Lipinski definition) is 4. The number of ether oxygens (including phenoxy) is 1. The molecule has 0 aliphatic heterocycles. The van der Waals surface area contributed by atoms with Crippen LogP contribution in [0.15, 0.2) is 24.3 Å². The van der Waals surface area contributed by atoms with Crippen molar-refractivity contribution in [2.75, 3.05) is 7.05 Å². The van der Waals surface area contributed by atoms with Gasteiger partial charge in [-0.1, -0.05) is 12.1 Å². The van der Waals surface area contributed by atoms with E-state index in [0.29, 0.717) is 13.1 Å². The summed E-state index contributed by atoms with van der Waals surface area (Å²) in [5, 5.41) is 0. The smallest absolute Gasteiger partial charge is 0.293 e. The van der Waals surface area contributed by atoms with Crippen molar-refractivity contribution in [2.45, 2.75) is 6.61 Å². The zero-order valence-electron chi connectivity index (χ0n) is 7.32. The van der Waals surface area contributed by atoms with Gasteiger partial charge in [0.2, 0.25) is 0 Å². The van der Waals surface area contributed by atoms with Crippen LogP contribution in [0.1, 0.15) is 5.56 Å². The van der Waals surface area contributed by atoms with E-state index in [2.05, 4.69) is 10.2 Å². The Bertz CT molecular complexity index is 258. The Hall–Kier alpha value is -1.55. The van der Waals surface area contributed by atoms with E-state index in [9.17, 15) is 4.79 Å². The Morgan fingerprint density at radius 2 is 2.08 bits per heavy atom. The highest BCUT2D eigenvalue weighted by molar-refractivity contribution is 5.37. The second-order valence-electron chi connectivity index (χ2n) is 2.36. The highest BCUT2D eigenvalue weighted by Gasteiger charge is 1.94. The van der Waals surface area contributed by atoms with Crippen molar-refractivity contribution in [1.29, 1.82) is 0 Å². The van der Waals surface area contributed by atoms with Gasteiger partial charge < -0.3 is 9.57 Å². The van der Waals surface area contributed by atoms with Crippen LogP contribution in [0.2, 0.25) is 0 Å². The first-order chi connectivity index (χ1) is 6.36. The topological polar surface area (TPSA) is 47.6 Å². The average molecular weight is 181 g/mol. The number of nitrogens with one attached hydrogen (secondary N) is 1. The third kappa shape index (κ3) is 3.13. The van der Waals surface area contributed by atoms with Crippen LogP contribution >= 0.6 is 0 Å². The van der Waals surface area contributed by atoms with Gasteiger partial charge >= 0.3 is 0 Å². The molecule has 0 saturated carbocycles. The maximum absolute atomic E-state index is 9.89. The molecule has 4 heteroatoms. The highest BCUT2D eigenvalue weighted by atomic mass is 16.6. The van der Waals surface area contributed by atoms with Crippen LogP contribution in [-0.2, 0) is 16.1 Å². The first kappa shape index (κ1) is 9.54. The predicted octanol–water partition coefficient (Wildman–Crippen LogP) is 0.873. The molecule has 0 atom stereocenters. The lowest BCUT2D eigenvalue weighted by molar-refractivity contribution is -0.129. The molecule has 0 radical (unpaired) electrons. The highest BCUT2D eigenvalue weighted by Crippen LogP contribution is 2.11. The largest absolute Gasteiger partial charge is 0.463 e. The van der Waals surface area contributed by atoms with Crippen LogP contribution in [0.3, 0.4) is 0 Å². The van der Waals surface area contributed by atoms with Gasteiger partial charge in [-0.25, -0.2) is 0 Å². The maximum Gasteiger partial charge on any atom is 0.293 e. The summed E-state index contributed by atoms with van der Waals surface area (Å²) in [6.07, 6.45) is 0. The second-order valence-corrected chi connectivity index (χ2v) is 2.36. The second kappa shape index (κ2) is 5.16. The molecule has 0 fully saturated rings. The van der Waals surface area contributed by atoms with Crippen molar-refractivity contribution in [2.24, 2.45) is 0 Å². The summed E-state index contributed by atoms with van der Waals surface area (Å²) >= 11 is 0. The van der Waals surface area contributed by atoms with Crippen molar-refractivity contribution < 1.29 is 14.4 Å². The molecule has 0 saturated heterocycles. The first-order valence-corrected chi connectivity index (χ1v) is 3.84. The van der Waals surface area contributed by atoms with Crippen molar-refractivity contribution in [3.05, 3.63) is 29.8 Å². The Morgan fingerprint density at radius 3 is 2.62 bits per heavy atom. The van der Waals surface area contributed by atoms with Gasteiger partial charge in [0.25, 0.3) is 6.47 Å². The summed E-state index contributed by atoms with van der Waals surface area (Å²) in [6.45, 7) is 0.724. The summed E-state index contributed by atoms with van der Waals surface area (Å²) < 4.78 is 4.58. The van der Waals surface area contributed by atoms with Gasteiger partial charge in [-0.3, -0.25) is 4.79 Å². The Kier molecular flexibility index (Phi) is 3.78. The van der Waals surface area contributed by atoms with E-state index < -0.39 is 0 Å². The Morgan fingerprint density at radius 1 is 1.38 bits per heavy atom. The predicted molar refractivity (Wildman–Crippen MR) is 47.0 cm³/mol. The summed E-state index contributed by atoms with van der Waals surface area (Å²) in [5.41, 5.74) is 3.49. The van der Waals surface area contributed by atoms with E-state index in [0.717, 1.165) is 11.3 Å². The van der Waals surface area contributed by atoms with Crippen molar-refractivity contribution >= 4 is 6.47 Å². The molecule has 70 valence electrons. The van der Waals surface area contributed by atoms with Gasteiger partial charge in [-0.05, 0) is 17.7 Å². The van der Waals surface area contributed by atoms with Crippen molar-refractivity contribution in [3.63, 3.8) is 0 Å². The standard InChI is InChI=1S/C9H11NO3/c1-10-13-9-4-2-8(3-5-9)6-12-7-11/h2-5,7,10H,6H2,1H3. The molecule has 0 aliphatic rings. The summed E-state index contributed by atoms with van der Waals surface area (Å²) in [7, 11) is 1.68. The van der Waals surface area contributed by atoms with Crippen molar-refractivity contribution in [1.82, 2.24) is 5.48 Å². The average Bonchev–Trinajstić information content (AvgIpc) is 2.17. The third-order valence-electron chi connectivity index (χ3n) is 1.46. The lowest BCUT2D eigenvalue weighted by Crippen LogP contribution is -2.10. The minimum absolute atomic E-state index is 0.295. The molecule has 4 nitrogen and oxygen atoms in total. The fourth-order valence-corrected chi connectivity index (χ4v) is 0.902. The normalized spacial score (nSPS) is 9.31. The molecule has 1 N–H and O–H groups in total. The SMILES string of the molecule is CNOc1ccc(COC=O)cc1. The van der Waals surface area contributed by atoms with Crippen molar-refractivity contribution in [3.8, 4) is 5.75 Å². The number of carbonyl (C=O) groups is 1. The van der Waals surface area contributed by atoms with Gasteiger partial charge in [0, 0.05) is 7.05 Å². The minimum atomic E-state index is 0.295. The molecule has 1 aromatic carbocycles. The molecule has 0 heterocycles. The van der Waals surface area contributed by atoms with Crippen LogP contribution < -0.4 is 10.3 Å². The van der Waals surface area contributed by atoms with Gasteiger partial charge in [0.1, 0.15) is 12.4 Å². The summed E-state index contributed by atoms with van der Waals surface area (Å²) in [6, 6.07) is 7.24. The number of hydroxylamine groups is 1. The molecule has 0 aromatic heterocycles.